The fourth-order valence-electron chi connectivity index (χ4n) is 1.52. The summed E-state index contributed by atoms with van der Waals surface area (Å²) < 4.78 is 5.36. The summed E-state index contributed by atoms with van der Waals surface area (Å²) in [6, 6.07) is 0. The third-order valence-electron chi connectivity index (χ3n) is 2.47. The van der Waals surface area contributed by atoms with Gasteiger partial charge in [-0.1, -0.05) is 6.92 Å². The molecule has 106 valence electrons. The van der Waals surface area contributed by atoms with Crippen LogP contribution >= 0.6 is 0 Å². The summed E-state index contributed by atoms with van der Waals surface area (Å²) in [5.41, 5.74) is 0. The smallest absolute Gasteiger partial charge is 0.100 e. The summed E-state index contributed by atoms with van der Waals surface area (Å²) in [6.07, 6.45) is 2.26. The van der Waals surface area contributed by atoms with Gasteiger partial charge in [0, 0.05) is 20.2 Å². The van der Waals surface area contributed by atoms with Crippen molar-refractivity contribution in [3.8, 4) is 0 Å². The van der Waals surface area contributed by atoms with Gasteiger partial charge in [0.1, 0.15) is 5.82 Å². The van der Waals surface area contributed by atoms with E-state index in [-0.39, 0.29) is 6.17 Å². The van der Waals surface area contributed by atoms with Crippen molar-refractivity contribution in [2.45, 2.75) is 26.9 Å². The molecule has 0 aliphatic carbocycles. The van der Waals surface area contributed by atoms with Crippen molar-refractivity contribution >= 4 is 6.72 Å². The molecule has 1 atom stereocenters. The Bertz CT molecular complexity index is 243. The van der Waals surface area contributed by atoms with Crippen molar-refractivity contribution in [1.29, 1.82) is 0 Å². The van der Waals surface area contributed by atoms with E-state index >= 15 is 0 Å². The molecule has 0 fully saturated rings. The summed E-state index contributed by atoms with van der Waals surface area (Å²) in [7, 11) is 2.04. The monoisotopic (exact) mass is 256 g/mol. The highest BCUT2D eigenvalue weighted by Gasteiger charge is 2.07. The Morgan fingerprint density at radius 3 is 2.78 bits per heavy atom. The molecule has 0 aliphatic rings. The molecule has 0 spiro atoms. The summed E-state index contributed by atoms with van der Waals surface area (Å²) in [4.78, 5) is 6.00. The lowest BCUT2D eigenvalue weighted by atomic mass is 10.4. The van der Waals surface area contributed by atoms with E-state index in [0.29, 0.717) is 6.54 Å². The Kier molecular flexibility index (Phi) is 10.4. The second kappa shape index (κ2) is 11.0. The van der Waals surface area contributed by atoms with Gasteiger partial charge in [0.2, 0.25) is 0 Å². The lowest BCUT2D eigenvalue weighted by Crippen LogP contribution is -2.43. The molecule has 5 heteroatoms. The Hall–Kier alpha value is -1.07. The fraction of sp³-hybridized carbons (Fsp3) is 0.769. The van der Waals surface area contributed by atoms with Crippen LogP contribution in [0.15, 0.2) is 16.9 Å². The number of nitrogens with zero attached hydrogens (tertiary/aromatic N) is 2. The third-order valence-corrected chi connectivity index (χ3v) is 2.47. The quantitative estimate of drug-likeness (QED) is 0.329. The molecule has 0 heterocycles. The van der Waals surface area contributed by atoms with Crippen molar-refractivity contribution in [2.75, 3.05) is 39.9 Å². The van der Waals surface area contributed by atoms with Gasteiger partial charge in [0.05, 0.1) is 19.3 Å². The van der Waals surface area contributed by atoms with Crippen LogP contribution in [0.1, 0.15) is 20.8 Å². The highest BCUT2D eigenvalue weighted by Crippen LogP contribution is 1.99. The summed E-state index contributed by atoms with van der Waals surface area (Å²) in [6.45, 7) is 13.6. The number of rotatable bonds is 11. The molecular weight excluding hydrogens is 228 g/mol. The van der Waals surface area contributed by atoms with E-state index in [0.717, 1.165) is 32.1 Å². The summed E-state index contributed by atoms with van der Waals surface area (Å²) >= 11 is 0. The van der Waals surface area contributed by atoms with Crippen molar-refractivity contribution in [3.63, 3.8) is 0 Å². The van der Waals surface area contributed by atoms with Crippen LogP contribution in [-0.4, -0.2) is 57.7 Å². The molecule has 0 unspecified atom stereocenters. The molecule has 18 heavy (non-hydrogen) atoms. The zero-order valence-corrected chi connectivity index (χ0v) is 12.2. The van der Waals surface area contributed by atoms with Gasteiger partial charge in [-0.2, -0.15) is 0 Å². The molecule has 0 bridgehead atoms. The maximum absolute atomic E-state index is 5.36. The van der Waals surface area contributed by atoms with Crippen LogP contribution in [0.25, 0.3) is 0 Å². The first kappa shape index (κ1) is 16.9. The van der Waals surface area contributed by atoms with Gasteiger partial charge in [-0.15, -0.1) is 0 Å². The second-order valence-corrected chi connectivity index (χ2v) is 4.04. The van der Waals surface area contributed by atoms with Crippen LogP contribution in [0.4, 0.5) is 0 Å². The van der Waals surface area contributed by atoms with Crippen molar-refractivity contribution in [1.82, 2.24) is 15.5 Å². The van der Waals surface area contributed by atoms with Gasteiger partial charge in [0.25, 0.3) is 0 Å². The van der Waals surface area contributed by atoms with Crippen LogP contribution in [-0.2, 0) is 4.74 Å². The molecule has 0 rings (SSSR count). The van der Waals surface area contributed by atoms with E-state index in [9.17, 15) is 0 Å². The molecule has 0 saturated carbocycles. The van der Waals surface area contributed by atoms with Gasteiger partial charge in [0.15, 0.2) is 0 Å². The summed E-state index contributed by atoms with van der Waals surface area (Å²) in [5.74, 6) is 1.05. The summed E-state index contributed by atoms with van der Waals surface area (Å²) in [5, 5.41) is 6.73. The number of nitrogens with one attached hydrogen (secondary N) is 2. The molecule has 2 N–H and O–H groups in total. The molecule has 5 nitrogen and oxygen atoms in total. The number of likely N-dealkylation sites (N-methyl/N-ethyl adjacent to an activating group) is 1. The van der Waals surface area contributed by atoms with Gasteiger partial charge < -0.3 is 15.0 Å². The van der Waals surface area contributed by atoms with Crippen LogP contribution < -0.4 is 10.6 Å². The van der Waals surface area contributed by atoms with Gasteiger partial charge in [-0.05, 0) is 33.2 Å². The van der Waals surface area contributed by atoms with E-state index in [2.05, 4.69) is 41.1 Å². The highest BCUT2D eigenvalue weighted by molar-refractivity contribution is 5.24. The second-order valence-electron chi connectivity index (χ2n) is 4.04. The number of hydrogen-bond acceptors (Lipinski definition) is 5. The maximum Gasteiger partial charge on any atom is 0.100 e. The minimum absolute atomic E-state index is 0.223. The standard InChI is InChI=1S/C13H28N4O/c1-6-15-12(3)16-13(8-9-14-4)17(5)10-11-18-7-2/h8,12,15-16H,4,6-7,9-11H2,1-3,5H3/b13-8+/t12-/m1/s1. The van der Waals surface area contributed by atoms with E-state index in [4.69, 9.17) is 4.74 Å². The fourth-order valence-corrected chi connectivity index (χ4v) is 1.52. The average molecular weight is 256 g/mol. The topological polar surface area (TPSA) is 48.9 Å². The molecule has 0 aromatic carbocycles. The van der Waals surface area contributed by atoms with Crippen LogP contribution in [0, 0.1) is 0 Å². The van der Waals surface area contributed by atoms with Gasteiger partial charge in [-0.25, -0.2) is 0 Å². The van der Waals surface area contributed by atoms with Crippen molar-refractivity contribution < 1.29 is 4.74 Å². The zero-order valence-electron chi connectivity index (χ0n) is 12.2. The van der Waals surface area contributed by atoms with E-state index in [1.807, 2.05) is 20.0 Å². The van der Waals surface area contributed by atoms with Crippen LogP contribution in [0.2, 0.25) is 0 Å². The molecule has 0 radical (unpaired) electrons. The Balaban J connectivity index is 4.32. The Labute approximate surface area is 111 Å². The van der Waals surface area contributed by atoms with E-state index in [1.54, 1.807) is 0 Å². The molecule has 0 amide bonds. The van der Waals surface area contributed by atoms with E-state index < -0.39 is 0 Å². The van der Waals surface area contributed by atoms with Gasteiger partial charge >= 0.3 is 0 Å². The maximum atomic E-state index is 5.36. The Morgan fingerprint density at radius 1 is 1.50 bits per heavy atom. The molecule has 0 aromatic heterocycles. The number of hydrogen-bond donors (Lipinski definition) is 2. The molecule has 0 saturated heterocycles. The first-order chi connectivity index (χ1) is 8.65. The van der Waals surface area contributed by atoms with Gasteiger partial charge in [-0.3, -0.25) is 10.3 Å². The van der Waals surface area contributed by atoms with Crippen LogP contribution in [0.5, 0.6) is 0 Å². The molecular formula is C13H28N4O. The first-order valence-corrected chi connectivity index (χ1v) is 6.57. The lowest BCUT2D eigenvalue weighted by Gasteiger charge is -2.27. The largest absolute Gasteiger partial charge is 0.380 e. The molecule has 0 aromatic rings. The third kappa shape index (κ3) is 8.08. The Morgan fingerprint density at radius 2 is 2.22 bits per heavy atom. The van der Waals surface area contributed by atoms with E-state index in [1.165, 1.54) is 0 Å². The predicted molar refractivity (Wildman–Crippen MR) is 77.9 cm³/mol. The average Bonchev–Trinajstić information content (AvgIpc) is 2.34. The zero-order chi connectivity index (χ0) is 13.8. The lowest BCUT2D eigenvalue weighted by molar-refractivity contribution is 0.128. The van der Waals surface area contributed by atoms with Crippen LogP contribution in [0.3, 0.4) is 0 Å². The highest BCUT2D eigenvalue weighted by atomic mass is 16.5. The minimum Gasteiger partial charge on any atom is -0.380 e. The van der Waals surface area contributed by atoms with Crippen molar-refractivity contribution in [3.05, 3.63) is 11.9 Å². The number of aliphatic imine (C=N–C) groups is 1. The predicted octanol–water partition coefficient (Wildman–Crippen LogP) is 1.04. The SMILES string of the molecule is C=NC/C=C(\N[C@H](C)NCC)N(C)CCOCC. The van der Waals surface area contributed by atoms with Crippen molar-refractivity contribution in [2.24, 2.45) is 4.99 Å². The first-order valence-electron chi connectivity index (χ1n) is 6.57. The number of ether oxygens (including phenoxy) is 1. The molecule has 0 aliphatic heterocycles. The minimum atomic E-state index is 0.223. The normalized spacial score (nSPS) is 13.2.